The molecule has 0 aliphatic heterocycles. The number of carbonyl (C=O) groups excluding carboxylic acids is 2. The van der Waals surface area contributed by atoms with E-state index < -0.39 is 5.60 Å². The average Bonchev–Trinajstić information content (AvgIpc) is 2.83. The molecular formula is C29H52O5. The van der Waals surface area contributed by atoms with E-state index in [1.54, 1.807) is 6.08 Å². The van der Waals surface area contributed by atoms with Gasteiger partial charge in [-0.2, -0.15) is 0 Å². The Bertz CT molecular complexity index is 585. The third-order valence-corrected chi connectivity index (χ3v) is 6.51. The maximum Gasteiger partial charge on any atom is 0.309 e. The van der Waals surface area contributed by atoms with Crippen LogP contribution in [0.3, 0.4) is 0 Å². The first-order chi connectivity index (χ1) is 16.3. The molecule has 0 aromatic rings. The van der Waals surface area contributed by atoms with Crippen LogP contribution in [0.1, 0.15) is 112 Å². The second-order valence-electron chi connectivity index (χ2n) is 9.53. The lowest BCUT2D eigenvalue weighted by Gasteiger charge is -2.29. The molecule has 0 fully saturated rings. The highest BCUT2D eigenvalue weighted by Crippen LogP contribution is 2.24. The van der Waals surface area contributed by atoms with Gasteiger partial charge in [-0.15, -0.1) is 6.58 Å². The Labute approximate surface area is 209 Å². The SMILES string of the molecule is C=CCC(CC(=C)OCCCCCC(=O)C(C)(CC)OCC(CC)CCCC)C(=O)OCCC. The zero-order valence-corrected chi connectivity index (χ0v) is 22.8. The van der Waals surface area contributed by atoms with Crippen LogP contribution in [0.15, 0.2) is 25.0 Å². The maximum atomic E-state index is 12.9. The van der Waals surface area contributed by atoms with Gasteiger partial charge in [0.25, 0.3) is 0 Å². The molecule has 0 saturated heterocycles. The molecule has 0 radical (unpaired) electrons. The molecule has 0 bridgehead atoms. The van der Waals surface area contributed by atoms with Crippen LogP contribution in [0, 0.1) is 11.8 Å². The number of carbonyl (C=O) groups is 2. The van der Waals surface area contributed by atoms with Crippen LogP contribution in [0.4, 0.5) is 0 Å². The summed E-state index contributed by atoms with van der Waals surface area (Å²) >= 11 is 0. The first kappa shape index (κ1) is 32.4. The van der Waals surface area contributed by atoms with Crippen LogP contribution in [0.25, 0.3) is 0 Å². The number of hydrogen-bond donors (Lipinski definition) is 0. The number of unbranched alkanes of at least 4 members (excludes halogenated alkanes) is 3. The summed E-state index contributed by atoms with van der Waals surface area (Å²) in [7, 11) is 0. The van der Waals surface area contributed by atoms with Gasteiger partial charge in [-0.05, 0) is 57.8 Å². The fourth-order valence-electron chi connectivity index (χ4n) is 3.74. The molecule has 0 aliphatic rings. The Morgan fingerprint density at radius 1 is 0.971 bits per heavy atom. The number of ether oxygens (including phenoxy) is 3. The molecular weight excluding hydrogens is 428 g/mol. The zero-order chi connectivity index (χ0) is 25.8. The summed E-state index contributed by atoms with van der Waals surface area (Å²) in [6.45, 7) is 19.7. The van der Waals surface area contributed by atoms with E-state index in [4.69, 9.17) is 14.2 Å². The van der Waals surface area contributed by atoms with E-state index in [0.717, 1.165) is 32.1 Å². The summed E-state index contributed by atoms with van der Waals surface area (Å²) in [4.78, 5) is 25.0. The Morgan fingerprint density at radius 3 is 2.29 bits per heavy atom. The minimum absolute atomic E-state index is 0.198. The van der Waals surface area contributed by atoms with Crippen LogP contribution in [0.2, 0.25) is 0 Å². The largest absolute Gasteiger partial charge is 0.499 e. The third kappa shape index (κ3) is 13.9. The van der Waals surface area contributed by atoms with Crippen LogP contribution in [0.5, 0.6) is 0 Å². The predicted molar refractivity (Wildman–Crippen MR) is 141 cm³/mol. The minimum Gasteiger partial charge on any atom is -0.499 e. The molecule has 5 nitrogen and oxygen atoms in total. The predicted octanol–water partition coefficient (Wildman–Crippen LogP) is 7.58. The van der Waals surface area contributed by atoms with Gasteiger partial charge in [0.1, 0.15) is 5.60 Å². The molecule has 0 N–H and O–H groups in total. The van der Waals surface area contributed by atoms with Gasteiger partial charge in [0.15, 0.2) is 5.78 Å². The molecule has 0 saturated carbocycles. The third-order valence-electron chi connectivity index (χ3n) is 6.51. The molecule has 0 spiro atoms. The lowest BCUT2D eigenvalue weighted by atomic mass is 9.92. The molecule has 0 rings (SSSR count). The van der Waals surface area contributed by atoms with E-state index >= 15 is 0 Å². The van der Waals surface area contributed by atoms with Crippen molar-refractivity contribution in [3.05, 3.63) is 25.0 Å². The quantitative estimate of drug-likeness (QED) is 0.0652. The van der Waals surface area contributed by atoms with E-state index in [2.05, 4.69) is 27.0 Å². The van der Waals surface area contributed by atoms with E-state index in [9.17, 15) is 9.59 Å². The van der Waals surface area contributed by atoms with E-state index in [1.165, 1.54) is 19.3 Å². The molecule has 0 aliphatic carbocycles. The topological polar surface area (TPSA) is 61.8 Å². The number of rotatable bonds is 23. The van der Waals surface area contributed by atoms with Gasteiger partial charge < -0.3 is 14.2 Å². The van der Waals surface area contributed by atoms with E-state index in [1.807, 2.05) is 20.8 Å². The number of ketones is 1. The van der Waals surface area contributed by atoms with Crippen molar-refractivity contribution >= 4 is 11.8 Å². The number of allylic oxidation sites excluding steroid dienone is 2. The molecule has 34 heavy (non-hydrogen) atoms. The second-order valence-corrected chi connectivity index (χ2v) is 9.53. The molecule has 0 aromatic heterocycles. The highest BCUT2D eigenvalue weighted by molar-refractivity contribution is 5.86. The van der Waals surface area contributed by atoms with Gasteiger partial charge in [-0.1, -0.05) is 59.6 Å². The monoisotopic (exact) mass is 480 g/mol. The summed E-state index contributed by atoms with van der Waals surface area (Å²) in [5.74, 6) is 0.806. The second kappa shape index (κ2) is 19.7. The molecule has 3 atom stereocenters. The first-order valence-corrected chi connectivity index (χ1v) is 13.5. The number of Topliss-reactive ketones (excluding diaryl/α,β-unsaturated/α-hetero) is 1. The Morgan fingerprint density at radius 2 is 1.71 bits per heavy atom. The normalized spacial score (nSPS) is 14.6. The molecule has 0 heterocycles. The van der Waals surface area contributed by atoms with Crippen molar-refractivity contribution in [2.24, 2.45) is 11.8 Å². The number of hydrogen-bond acceptors (Lipinski definition) is 5. The summed E-state index contributed by atoms with van der Waals surface area (Å²) in [5.41, 5.74) is -0.684. The van der Waals surface area contributed by atoms with Crippen molar-refractivity contribution in [2.45, 2.75) is 117 Å². The van der Waals surface area contributed by atoms with Crippen LogP contribution < -0.4 is 0 Å². The van der Waals surface area contributed by atoms with Crippen molar-refractivity contribution in [2.75, 3.05) is 19.8 Å². The van der Waals surface area contributed by atoms with Crippen LogP contribution >= 0.6 is 0 Å². The summed E-state index contributed by atoms with van der Waals surface area (Å²) in [5, 5.41) is 0. The van der Waals surface area contributed by atoms with Crippen molar-refractivity contribution in [1.29, 1.82) is 0 Å². The van der Waals surface area contributed by atoms with Crippen molar-refractivity contribution in [3.8, 4) is 0 Å². The Balaban J connectivity index is 4.27. The summed E-state index contributed by atoms with van der Waals surface area (Å²) in [6.07, 6.45) is 12.0. The lowest BCUT2D eigenvalue weighted by molar-refractivity contribution is -0.148. The Kier molecular flexibility index (Phi) is 18.7. The molecule has 0 aromatic carbocycles. The van der Waals surface area contributed by atoms with Gasteiger partial charge in [0, 0.05) is 12.8 Å². The lowest BCUT2D eigenvalue weighted by Crippen LogP contribution is -2.39. The average molecular weight is 481 g/mol. The standard InChI is InChI=1S/C29H52O5/c1-8-13-18-25(11-4)23-34-29(7,12-5)27(30)19-15-14-16-21-32-24(6)22-26(17-9-2)28(31)33-20-10-3/h9,25-26H,2,6,8,10-23H2,1,3-5,7H3. The van der Waals surface area contributed by atoms with Gasteiger partial charge in [0.2, 0.25) is 0 Å². The van der Waals surface area contributed by atoms with Crippen LogP contribution in [-0.4, -0.2) is 37.2 Å². The smallest absolute Gasteiger partial charge is 0.309 e. The fraction of sp³-hybridized carbons (Fsp3) is 0.793. The summed E-state index contributed by atoms with van der Waals surface area (Å²) in [6, 6.07) is 0. The minimum atomic E-state index is -0.684. The molecule has 3 unspecified atom stereocenters. The fourth-order valence-corrected chi connectivity index (χ4v) is 3.74. The van der Waals surface area contributed by atoms with Gasteiger partial charge in [0.05, 0.1) is 31.5 Å². The van der Waals surface area contributed by atoms with E-state index in [-0.39, 0.29) is 17.7 Å². The first-order valence-electron chi connectivity index (χ1n) is 13.5. The van der Waals surface area contributed by atoms with Gasteiger partial charge in [-0.3, -0.25) is 9.59 Å². The van der Waals surface area contributed by atoms with E-state index in [0.29, 0.717) is 57.2 Å². The van der Waals surface area contributed by atoms with Crippen molar-refractivity contribution in [3.63, 3.8) is 0 Å². The Hall–Kier alpha value is -1.62. The summed E-state index contributed by atoms with van der Waals surface area (Å²) < 4.78 is 17.2. The molecule has 198 valence electrons. The van der Waals surface area contributed by atoms with Gasteiger partial charge in [-0.25, -0.2) is 0 Å². The van der Waals surface area contributed by atoms with Crippen molar-refractivity contribution in [1.82, 2.24) is 0 Å². The molecule has 5 heteroatoms. The van der Waals surface area contributed by atoms with Crippen LogP contribution in [-0.2, 0) is 23.8 Å². The van der Waals surface area contributed by atoms with Crippen molar-refractivity contribution < 1.29 is 23.8 Å². The molecule has 0 amide bonds. The zero-order valence-electron chi connectivity index (χ0n) is 22.8. The van der Waals surface area contributed by atoms with Gasteiger partial charge >= 0.3 is 5.97 Å². The maximum absolute atomic E-state index is 12.9. The number of esters is 1. The highest BCUT2D eigenvalue weighted by atomic mass is 16.5. The highest BCUT2D eigenvalue weighted by Gasteiger charge is 2.32.